The van der Waals surface area contributed by atoms with Crippen LogP contribution in [-0.2, 0) is 0 Å². The number of rotatable bonds is 4. The average molecular weight is 259 g/mol. The molecule has 0 heterocycles. The molecule has 1 nitrogen and oxygen atoms in total. The Morgan fingerprint density at radius 1 is 1.11 bits per heavy atom. The smallest absolute Gasteiger partial charge is 0.00148 e. The van der Waals surface area contributed by atoms with Gasteiger partial charge >= 0.3 is 0 Å². The molecule has 19 heavy (non-hydrogen) atoms. The molecule has 1 aromatic carbocycles. The molecule has 0 amide bonds. The highest BCUT2D eigenvalue weighted by atomic mass is 14.8. The fourth-order valence-electron chi connectivity index (χ4n) is 3.53. The van der Waals surface area contributed by atoms with E-state index < -0.39 is 0 Å². The molecule has 1 N–H and O–H groups in total. The third kappa shape index (κ3) is 3.82. The Morgan fingerprint density at radius 3 is 2.68 bits per heavy atom. The molecule has 2 rings (SSSR count). The van der Waals surface area contributed by atoms with Crippen molar-refractivity contribution in [2.45, 2.75) is 58.8 Å². The van der Waals surface area contributed by atoms with Gasteiger partial charge in [0.25, 0.3) is 0 Å². The van der Waals surface area contributed by atoms with E-state index in [4.69, 9.17) is 0 Å². The molecule has 0 aromatic heterocycles. The molecule has 106 valence electrons. The minimum atomic E-state index is 0.765. The first-order chi connectivity index (χ1) is 9.22. The number of aryl methyl sites for hydroxylation is 2. The number of hydrogen-bond acceptors (Lipinski definition) is 1. The Bertz CT molecular complexity index is 397. The standard InChI is InChI=1S/C18H29N/c1-4-19-13-16-8-6-5-7-9-17(16)18-12-14(2)10-11-15(18)3/h10-12,16-17,19H,4-9,13H2,1-3H3. The van der Waals surface area contributed by atoms with E-state index in [-0.39, 0.29) is 0 Å². The molecule has 1 fully saturated rings. The Morgan fingerprint density at radius 2 is 1.89 bits per heavy atom. The maximum absolute atomic E-state index is 3.58. The Labute approximate surface area is 118 Å². The van der Waals surface area contributed by atoms with Crippen molar-refractivity contribution in [2.75, 3.05) is 13.1 Å². The molecule has 1 aliphatic carbocycles. The Kier molecular flexibility index (Phi) is 5.45. The van der Waals surface area contributed by atoms with Crippen molar-refractivity contribution in [1.29, 1.82) is 0 Å². The summed E-state index contributed by atoms with van der Waals surface area (Å²) in [6.07, 6.45) is 7.01. The predicted octanol–water partition coefficient (Wildman–Crippen LogP) is 4.58. The number of benzene rings is 1. The van der Waals surface area contributed by atoms with E-state index in [9.17, 15) is 0 Å². The molecule has 0 saturated heterocycles. The summed E-state index contributed by atoms with van der Waals surface area (Å²) in [6.45, 7) is 9.00. The predicted molar refractivity (Wildman–Crippen MR) is 83.8 cm³/mol. The van der Waals surface area contributed by atoms with Gasteiger partial charge in [0.1, 0.15) is 0 Å². The molecule has 0 bridgehead atoms. The first-order valence-electron chi connectivity index (χ1n) is 8.00. The fourth-order valence-corrected chi connectivity index (χ4v) is 3.53. The quantitative estimate of drug-likeness (QED) is 0.781. The maximum atomic E-state index is 3.58. The van der Waals surface area contributed by atoms with Crippen molar-refractivity contribution in [2.24, 2.45) is 5.92 Å². The van der Waals surface area contributed by atoms with Gasteiger partial charge in [-0.15, -0.1) is 0 Å². The van der Waals surface area contributed by atoms with Crippen LogP contribution >= 0.6 is 0 Å². The summed E-state index contributed by atoms with van der Waals surface area (Å²) in [4.78, 5) is 0. The molecule has 0 spiro atoms. The van der Waals surface area contributed by atoms with Crippen molar-refractivity contribution < 1.29 is 0 Å². The minimum Gasteiger partial charge on any atom is -0.317 e. The van der Waals surface area contributed by atoms with E-state index in [0.717, 1.165) is 18.4 Å². The fraction of sp³-hybridized carbons (Fsp3) is 0.667. The third-order valence-corrected chi connectivity index (χ3v) is 4.65. The lowest BCUT2D eigenvalue weighted by molar-refractivity contribution is 0.378. The summed E-state index contributed by atoms with van der Waals surface area (Å²) >= 11 is 0. The van der Waals surface area contributed by atoms with Gasteiger partial charge < -0.3 is 5.32 Å². The first-order valence-corrected chi connectivity index (χ1v) is 8.00. The second-order valence-corrected chi connectivity index (χ2v) is 6.17. The van der Waals surface area contributed by atoms with Gasteiger partial charge in [-0.2, -0.15) is 0 Å². The molecular formula is C18H29N. The molecule has 2 atom stereocenters. The van der Waals surface area contributed by atoms with Crippen molar-refractivity contribution in [3.63, 3.8) is 0 Å². The molecule has 1 aromatic rings. The molecule has 1 saturated carbocycles. The SMILES string of the molecule is CCNCC1CCCCCC1c1cc(C)ccc1C. The van der Waals surface area contributed by atoms with Crippen LogP contribution in [0.4, 0.5) is 0 Å². The highest BCUT2D eigenvalue weighted by molar-refractivity contribution is 5.34. The van der Waals surface area contributed by atoms with Crippen LogP contribution < -0.4 is 5.32 Å². The zero-order valence-electron chi connectivity index (χ0n) is 12.8. The molecule has 0 aliphatic heterocycles. The van der Waals surface area contributed by atoms with Crippen LogP contribution in [0, 0.1) is 19.8 Å². The minimum absolute atomic E-state index is 0.765. The van der Waals surface area contributed by atoms with Crippen molar-refractivity contribution >= 4 is 0 Å². The van der Waals surface area contributed by atoms with Crippen molar-refractivity contribution in [3.05, 3.63) is 34.9 Å². The Balaban J connectivity index is 2.23. The largest absolute Gasteiger partial charge is 0.317 e. The summed E-state index contributed by atoms with van der Waals surface area (Å²) in [5, 5.41) is 3.58. The molecule has 2 unspecified atom stereocenters. The van der Waals surface area contributed by atoms with E-state index in [2.05, 4.69) is 44.3 Å². The monoisotopic (exact) mass is 259 g/mol. The van der Waals surface area contributed by atoms with E-state index >= 15 is 0 Å². The van der Waals surface area contributed by atoms with Crippen LogP contribution in [0.25, 0.3) is 0 Å². The topological polar surface area (TPSA) is 12.0 Å². The third-order valence-electron chi connectivity index (χ3n) is 4.65. The summed E-state index contributed by atoms with van der Waals surface area (Å²) in [5.41, 5.74) is 4.51. The molecule has 1 heteroatoms. The second-order valence-electron chi connectivity index (χ2n) is 6.17. The van der Waals surface area contributed by atoms with Crippen LogP contribution in [0.5, 0.6) is 0 Å². The summed E-state index contributed by atoms with van der Waals surface area (Å²) in [5.74, 6) is 1.59. The van der Waals surface area contributed by atoms with Gasteiger partial charge in [-0.25, -0.2) is 0 Å². The van der Waals surface area contributed by atoms with E-state index in [0.29, 0.717) is 0 Å². The summed E-state index contributed by atoms with van der Waals surface area (Å²) in [7, 11) is 0. The van der Waals surface area contributed by atoms with E-state index in [1.54, 1.807) is 5.56 Å². The highest BCUT2D eigenvalue weighted by Gasteiger charge is 2.25. The first kappa shape index (κ1) is 14.6. The van der Waals surface area contributed by atoms with Gasteiger partial charge in [-0.05, 0) is 62.7 Å². The van der Waals surface area contributed by atoms with E-state index in [1.165, 1.54) is 49.8 Å². The van der Waals surface area contributed by atoms with Gasteiger partial charge in [-0.1, -0.05) is 49.9 Å². The lowest BCUT2D eigenvalue weighted by Gasteiger charge is -2.27. The van der Waals surface area contributed by atoms with Gasteiger partial charge in [0.2, 0.25) is 0 Å². The molecular weight excluding hydrogens is 230 g/mol. The lowest BCUT2D eigenvalue weighted by Crippen LogP contribution is -2.27. The summed E-state index contributed by atoms with van der Waals surface area (Å²) < 4.78 is 0. The molecule has 1 aliphatic rings. The number of nitrogens with one attached hydrogen (secondary N) is 1. The maximum Gasteiger partial charge on any atom is -0.00148 e. The van der Waals surface area contributed by atoms with Crippen LogP contribution in [0.1, 0.15) is 61.6 Å². The van der Waals surface area contributed by atoms with Crippen LogP contribution in [0.15, 0.2) is 18.2 Å². The van der Waals surface area contributed by atoms with Gasteiger partial charge in [-0.3, -0.25) is 0 Å². The van der Waals surface area contributed by atoms with Crippen molar-refractivity contribution in [3.8, 4) is 0 Å². The van der Waals surface area contributed by atoms with Crippen molar-refractivity contribution in [1.82, 2.24) is 5.32 Å². The Hall–Kier alpha value is -0.820. The normalized spacial score (nSPS) is 24.2. The van der Waals surface area contributed by atoms with Gasteiger partial charge in [0.15, 0.2) is 0 Å². The van der Waals surface area contributed by atoms with Gasteiger partial charge in [0.05, 0.1) is 0 Å². The second kappa shape index (κ2) is 7.09. The number of hydrogen-bond donors (Lipinski definition) is 1. The van der Waals surface area contributed by atoms with E-state index in [1.807, 2.05) is 0 Å². The average Bonchev–Trinajstić information content (AvgIpc) is 2.64. The lowest BCUT2D eigenvalue weighted by atomic mass is 9.80. The zero-order valence-corrected chi connectivity index (χ0v) is 12.8. The van der Waals surface area contributed by atoms with Crippen LogP contribution in [0.2, 0.25) is 0 Å². The zero-order chi connectivity index (χ0) is 13.7. The van der Waals surface area contributed by atoms with Gasteiger partial charge in [0, 0.05) is 0 Å². The molecule has 0 radical (unpaired) electrons. The summed E-state index contributed by atoms with van der Waals surface area (Å²) in [6, 6.07) is 6.99. The van der Waals surface area contributed by atoms with Crippen LogP contribution in [0.3, 0.4) is 0 Å². The van der Waals surface area contributed by atoms with Crippen LogP contribution in [-0.4, -0.2) is 13.1 Å². The highest BCUT2D eigenvalue weighted by Crippen LogP contribution is 2.37.